The highest BCUT2D eigenvalue weighted by molar-refractivity contribution is 6.00. The minimum atomic E-state index is 0.305. The van der Waals surface area contributed by atoms with Crippen LogP contribution in [0.1, 0.15) is 63.7 Å². The number of benzene rings is 2. The zero-order valence-electron chi connectivity index (χ0n) is 17.8. The largest absolute Gasteiger partial charge is 0.441 e. The molecule has 0 unspecified atom stereocenters. The van der Waals surface area contributed by atoms with Crippen LogP contribution in [-0.4, -0.2) is 28.8 Å². The zero-order valence-corrected chi connectivity index (χ0v) is 17.8. The standard InChI is InChI=1S/C26H28N2O2/c1-17-3-5-20(6-4-17)26-27-24(18(2)30-26)16-28-13-11-19(12-14-28)21-7-9-23-22(15-21)8-10-25(23)29/h3-7,9,15,19H,8,10-14,16H2,1-2H3. The maximum absolute atomic E-state index is 11.9. The second-order valence-corrected chi connectivity index (χ2v) is 8.78. The van der Waals surface area contributed by atoms with Crippen molar-refractivity contribution in [2.45, 2.75) is 52.0 Å². The molecule has 2 aliphatic rings. The number of hydrogen-bond acceptors (Lipinski definition) is 4. The van der Waals surface area contributed by atoms with Crippen LogP contribution in [0.25, 0.3) is 11.5 Å². The second kappa shape index (κ2) is 7.84. The summed E-state index contributed by atoms with van der Waals surface area (Å²) < 4.78 is 5.96. The van der Waals surface area contributed by atoms with Crippen molar-refractivity contribution in [2.75, 3.05) is 13.1 Å². The van der Waals surface area contributed by atoms with Gasteiger partial charge in [-0.05, 0) is 75.4 Å². The van der Waals surface area contributed by atoms with Crippen molar-refractivity contribution in [3.8, 4) is 11.5 Å². The van der Waals surface area contributed by atoms with E-state index in [1.807, 2.05) is 6.92 Å². The van der Waals surface area contributed by atoms with E-state index in [4.69, 9.17) is 9.40 Å². The normalized spacial score (nSPS) is 17.5. The molecule has 154 valence electrons. The van der Waals surface area contributed by atoms with Crippen LogP contribution in [0.5, 0.6) is 0 Å². The van der Waals surface area contributed by atoms with E-state index >= 15 is 0 Å². The quantitative estimate of drug-likeness (QED) is 0.583. The lowest BCUT2D eigenvalue weighted by Gasteiger charge is -2.32. The van der Waals surface area contributed by atoms with Crippen LogP contribution in [0.3, 0.4) is 0 Å². The van der Waals surface area contributed by atoms with Gasteiger partial charge in [0.1, 0.15) is 5.76 Å². The number of carbonyl (C=O) groups is 1. The number of rotatable bonds is 4. The van der Waals surface area contributed by atoms with Gasteiger partial charge in [0, 0.05) is 24.1 Å². The van der Waals surface area contributed by atoms with Gasteiger partial charge in [-0.25, -0.2) is 4.98 Å². The van der Waals surface area contributed by atoms with E-state index in [9.17, 15) is 4.79 Å². The molecule has 0 bridgehead atoms. The van der Waals surface area contributed by atoms with Crippen LogP contribution in [0.4, 0.5) is 0 Å². The third kappa shape index (κ3) is 3.72. The van der Waals surface area contributed by atoms with Crippen molar-refractivity contribution in [3.63, 3.8) is 0 Å². The summed E-state index contributed by atoms with van der Waals surface area (Å²) in [6.45, 7) is 7.06. The summed E-state index contributed by atoms with van der Waals surface area (Å²) in [5.74, 6) is 2.52. The fraction of sp³-hybridized carbons (Fsp3) is 0.385. The SMILES string of the molecule is Cc1ccc(-c2nc(CN3CCC(c4ccc5c(c4)CCC5=O)CC3)c(C)o2)cc1. The molecule has 0 radical (unpaired) electrons. The molecule has 4 nitrogen and oxygen atoms in total. The molecule has 0 N–H and O–H groups in total. The molecule has 0 spiro atoms. The molecule has 5 rings (SSSR count). The molecule has 0 amide bonds. The number of nitrogens with zero attached hydrogens (tertiary/aromatic N) is 2. The number of ketones is 1. The van der Waals surface area contributed by atoms with Gasteiger partial charge in [-0.3, -0.25) is 9.69 Å². The molecule has 30 heavy (non-hydrogen) atoms. The number of hydrogen-bond donors (Lipinski definition) is 0. The summed E-state index contributed by atoms with van der Waals surface area (Å²) in [5, 5.41) is 0. The van der Waals surface area contributed by atoms with E-state index in [1.165, 1.54) is 16.7 Å². The molecule has 2 aromatic carbocycles. The molecule has 2 heterocycles. The van der Waals surface area contributed by atoms with Crippen LogP contribution in [-0.2, 0) is 13.0 Å². The molecule has 0 saturated carbocycles. The minimum absolute atomic E-state index is 0.305. The Labute approximate surface area is 177 Å². The Hall–Kier alpha value is -2.72. The lowest BCUT2D eigenvalue weighted by Crippen LogP contribution is -2.32. The van der Waals surface area contributed by atoms with Gasteiger partial charge in [0.05, 0.1) is 5.69 Å². The van der Waals surface area contributed by atoms with Gasteiger partial charge in [-0.1, -0.05) is 35.9 Å². The van der Waals surface area contributed by atoms with Gasteiger partial charge in [-0.15, -0.1) is 0 Å². The number of oxazole rings is 1. The predicted octanol–water partition coefficient (Wildman–Crippen LogP) is 5.47. The number of likely N-dealkylation sites (tertiary alicyclic amines) is 1. The average Bonchev–Trinajstić information content (AvgIpc) is 3.31. The highest BCUT2D eigenvalue weighted by atomic mass is 16.4. The first-order valence-electron chi connectivity index (χ1n) is 11.0. The maximum atomic E-state index is 11.9. The highest BCUT2D eigenvalue weighted by Gasteiger charge is 2.25. The van der Waals surface area contributed by atoms with Crippen LogP contribution in [0.2, 0.25) is 0 Å². The molecule has 0 atom stereocenters. The van der Waals surface area contributed by atoms with Gasteiger partial charge in [0.2, 0.25) is 5.89 Å². The summed E-state index contributed by atoms with van der Waals surface area (Å²) in [6, 6.07) is 14.8. The molecule has 1 aliphatic heterocycles. The van der Waals surface area contributed by atoms with Gasteiger partial charge in [-0.2, -0.15) is 0 Å². The first-order chi connectivity index (χ1) is 14.6. The first kappa shape index (κ1) is 19.3. The average molecular weight is 401 g/mol. The number of fused-ring (bicyclic) bond motifs is 1. The zero-order chi connectivity index (χ0) is 20.7. The monoisotopic (exact) mass is 400 g/mol. The highest BCUT2D eigenvalue weighted by Crippen LogP contribution is 2.32. The van der Waals surface area contributed by atoms with Crippen LogP contribution < -0.4 is 0 Å². The van der Waals surface area contributed by atoms with Crippen molar-refractivity contribution in [3.05, 3.63) is 76.2 Å². The number of aromatic nitrogens is 1. The Balaban J connectivity index is 1.23. The second-order valence-electron chi connectivity index (χ2n) is 8.78. The third-order valence-electron chi connectivity index (χ3n) is 6.67. The van der Waals surface area contributed by atoms with Crippen LogP contribution >= 0.6 is 0 Å². The summed E-state index contributed by atoms with van der Waals surface area (Å²) in [7, 11) is 0. The van der Waals surface area contributed by atoms with Gasteiger partial charge >= 0.3 is 0 Å². The van der Waals surface area contributed by atoms with E-state index in [0.29, 0.717) is 24.0 Å². The smallest absolute Gasteiger partial charge is 0.226 e. The van der Waals surface area contributed by atoms with Gasteiger partial charge < -0.3 is 4.42 Å². The lowest BCUT2D eigenvalue weighted by molar-refractivity contribution is 0.0994. The van der Waals surface area contributed by atoms with E-state index in [2.05, 4.69) is 54.3 Å². The number of aryl methyl sites for hydroxylation is 3. The molecule has 1 fully saturated rings. The molecule has 3 aromatic rings. The number of Topliss-reactive ketones (excluding diaryl/α,β-unsaturated/α-hetero) is 1. The fourth-order valence-electron chi connectivity index (χ4n) is 4.76. The molecule has 1 saturated heterocycles. The summed E-state index contributed by atoms with van der Waals surface area (Å²) in [6.07, 6.45) is 3.89. The number of piperidine rings is 1. The van der Waals surface area contributed by atoms with E-state index in [-0.39, 0.29) is 0 Å². The van der Waals surface area contributed by atoms with Crippen molar-refractivity contribution < 1.29 is 9.21 Å². The Morgan fingerprint density at radius 1 is 1.03 bits per heavy atom. The van der Waals surface area contributed by atoms with Gasteiger partial charge in [0.25, 0.3) is 0 Å². The molecular weight excluding hydrogens is 372 g/mol. The summed E-state index contributed by atoms with van der Waals surface area (Å²) >= 11 is 0. The van der Waals surface area contributed by atoms with Crippen molar-refractivity contribution >= 4 is 5.78 Å². The van der Waals surface area contributed by atoms with E-state index < -0.39 is 0 Å². The molecule has 4 heteroatoms. The maximum Gasteiger partial charge on any atom is 0.226 e. The molecule has 1 aliphatic carbocycles. The van der Waals surface area contributed by atoms with Crippen LogP contribution in [0, 0.1) is 13.8 Å². The Morgan fingerprint density at radius 3 is 2.57 bits per heavy atom. The topological polar surface area (TPSA) is 46.3 Å². The van der Waals surface area contributed by atoms with E-state index in [1.54, 1.807) is 0 Å². The van der Waals surface area contributed by atoms with Crippen molar-refractivity contribution in [1.29, 1.82) is 0 Å². The van der Waals surface area contributed by atoms with Crippen molar-refractivity contribution in [1.82, 2.24) is 9.88 Å². The van der Waals surface area contributed by atoms with E-state index in [0.717, 1.165) is 61.5 Å². The Bertz CT molecular complexity index is 1070. The lowest BCUT2D eigenvalue weighted by atomic mass is 9.88. The summed E-state index contributed by atoms with van der Waals surface area (Å²) in [5.41, 5.74) is 6.91. The predicted molar refractivity (Wildman–Crippen MR) is 118 cm³/mol. The molecular formula is C26H28N2O2. The Kier molecular flexibility index (Phi) is 5.03. The fourth-order valence-corrected chi connectivity index (χ4v) is 4.76. The third-order valence-corrected chi connectivity index (χ3v) is 6.67. The van der Waals surface area contributed by atoms with Gasteiger partial charge in [0.15, 0.2) is 5.78 Å². The Morgan fingerprint density at radius 2 is 1.80 bits per heavy atom. The summed E-state index contributed by atoms with van der Waals surface area (Å²) in [4.78, 5) is 19.2. The first-order valence-corrected chi connectivity index (χ1v) is 11.0. The minimum Gasteiger partial charge on any atom is -0.441 e. The molecule has 1 aromatic heterocycles. The van der Waals surface area contributed by atoms with Crippen molar-refractivity contribution in [2.24, 2.45) is 0 Å². The number of carbonyl (C=O) groups excluding carboxylic acids is 1. The van der Waals surface area contributed by atoms with Crippen LogP contribution in [0.15, 0.2) is 46.9 Å².